The Hall–Kier alpha value is -2.48. The molecule has 0 saturated carbocycles. The molecule has 1 unspecified atom stereocenters. The molecule has 1 aliphatic rings. The van der Waals surface area contributed by atoms with Crippen molar-refractivity contribution in [3.63, 3.8) is 0 Å². The second kappa shape index (κ2) is 5.86. The van der Waals surface area contributed by atoms with Gasteiger partial charge in [0, 0.05) is 32.5 Å². The van der Waals surface area contributed by atoms with E-state index in [4.69, 9.17) is 4.52 Å². The molecular formula is C16H20N6O2. The van der Waals surface area contributed by atoms with E-state index in [1.807, 2.05) is 24.7 Å². The third-order valence-electron chi connectivity index (χ3n) is 4.83. The van der Waals surface area contributed by atoms with Gasteiger partial charge in [-0.2, -0.15) is 4.98 Å². The number of hydrogen-bond acceptors (Lipinski definition) is 7. The molecule has 126 valence electrons. The van der Waals surface area contributed by atoms with Crippen LogP contribution in [0.3, 0.4) is 0 Å². The zero-order valence-corrected chi connectivity index (χ0v) is 13.8. The number of rotatable bonds is 3. The van der Waals surface area contributed by atoms with Gasteiger partial charge in [-0.05, 0) is 25.7 Å². The molecule has 4 rings (SSSR count). The molecule has 8 nitrogen and oxygen atoms in total. The van der Waals surface area contributed by atoms with Gasteiger partial charge in [-0.1, -0.05) is 5.16 Å². The molecule has 8 heteroatoms. The number of anilines is 1. The van der Waals surface area contributed by atoms with Crippen LogP contribution in [0.1, 0.15) is 30.5 Å². The van der Waals surface area contributed by atoms with E-state index in [1.54, 1.807) is 6.20 Å². The van der Waals surface area contributed by atoms with Crippen molar-refractivity contribution in [2.45, 2.75) is 25.9 Å². The Kier molecular flexibility index (Phi) is 3.68. The van der Waals surface area contributed by atoms with E-state index in [0.717, 1.165) is 48.7 Å². The van der Waals surface area contributed by atoms with Crippen LogP contribution in [0.25, 0.3) is 11.1 Å². The number of aromatic nitrogens is 5. The molecule has 0 aromatic carbocycles. The quantitative estimate of drug-likeness (QED) is 0.780. The molecule has 0 aliphatic carbocycles. The number of piperidine rings is 1. The van der Waals surface area contributed by atoms with Crippen LogP contribution >= 0.6 is 0 Å². The lowest BCUT2D eigenvalue weighted by Gasteiger charge is -2.34. The van der Waals surface area contributed by atoms with Gasteiger partial charge in [0.05, 0.1) is 5.69 Å². The van der Waals surface area contributed by atoms with E-state index in [-0.39, 0.29) is 5.92 Å². The van der Waals surface area contributed by atoms with Crippen LogP contribution in [0.4, 0.5) is 5.82 Å². The molecule has 0 radical (unpaired) electrons. The zero-order chi connectivity index (χ0) is 16.7. The first-order valence-electron chi connectivity index (χ1n) is 8.12. The molecular weight excluding hydrogens is 308 g/mol. The summed E-state index contributed by atoms with van der Waals surface area (Å²) >= 11 is 0. The van der Waals surface area contributed by atoms with E-state index >= 15 is 0 Å². The first-order chi connectivity index (χ1) is 11.6. The van der Waals surface area contributed by atoms with Crippen molar-refractivity contribution in [3.05, 3.63) is 30.2 Å². The van der Waals surface area contributed by atoms with E-state index in [1.165, 1.54) is 6.33 Å². The van der Waals surface area contributed by atoms with Gasteiger partial charge in [0.1, 0.15) is 29.5 Å². The monoisotopic (exact) mass is 328 g/mol. The van der Waals surface area contributed by atoms with Gasteiger partial charge in [-0.25, -0.2) is 9.97 Å². The van der Waals surface area contributed by atoms with Gasteiger partial charge in [-0.15, -0.1) is 0 Å². The summed E-state index contributed by atoms with van der Waals surface area (Å²) in [5.41, 5.74) is 1.32. The summed E-state index contributed by atoms with van der Waals surface area (Å²) in [6, 6.07) is 0. The number of aliphatic hydroxyl groups is 1. The predicted molar refractivity (Wildman–Crippen MR) is 87.4 cm³/mol. The fourth-order valence-electron chi connectivity index (χ4n) is 3.44. The number of fused-ring (bicyclic) bond motifs is 1. The molecule has 0 bridgehead atoms. The van der Waals surface area contributed by atoms with E-state index in [2.05, 4.69) is 25.0 Å². The SMILES string of the molecule is Cc1noc2ncnc(N3CCC(C(O)c4nccn4C)CC3)c12. The molecule has 1 N–H and O–H groups in total. The minimum absolute atomic E-state index is 0.197. The van der Waals surface area contributed by atoms with Gasteiger partial charge in [-0.3, -0.25) is 0 Å². The average molecular weight is 328 g/mol. The Morgan fingerprint density at radius 1 is 1.25 bits per heavy atom. The molecule has 1 atom stereocenters. The highest BCUT2D eigenvalue weighted by atomic mass is 16.5. The molecule has 0 spiro atoms. The Morgan fingerprint density at radius 3 is 2.75 bits per heavy atom. The minimum atomic E-state index is -0.533. The van der Waals surface area contributed by atoms with Crippen LogP contribution in [-0.2, 0) is 7.05 Å². The number of aryl methyl sites for hydroxylation is 2. The summed E-state index contributed by atoms with van der Waals surface area (Å²) in [4.78, 5) is 15.0. The Labute approximate surface area is 139 Å². The van der Waals surface area contributed by atoms with Crippen LogP contribution in [0, 0.1) is 12.8 Å². The van der Waals surface area contributed by atoms with Crippen LogP contribution in [0.2, 0.25) is 0 Å². The highest BCUT2D eigenvalue weighted by Crippen LogP contribution is 2.33. The van der Waals surface area contributed by atoms with Crippen molar-refractivity contribution in [2.24, 2.45) is 13.0 Å². The highest BCUT2D eigenvalue weighted by Gasteiger charge is 2.30. The van der Waals surface area contributed by atoms with Crippen molar-refractivity contribution in [1.82, 2.24) is 24.7 Å². The van der Waals surface area contributed by atoms with Gasteiger partial charge in [0.15, 0.2) is 0 Å². The van der Waals surface area contributed by atoms with Crippen LogP contribution < -0.4 is 4.90 Å². The third kappa shape index (κ3) is 2.43. The Bertz CT molecular complexity index is 849. The van der Waals surface area contributed by atoms with Crippen LogP contribution in [-0.4, -0.2) is 42.9 Å². The summed E-state index contributed by atoms with van der Waals surface area (Å²) in [5.74, 6) is 1.79. The van der Waals surface area contributed by atoms with E-state index in [0.29, 0.717) is 5.71 Å². The summed E-state index contributed by atoms with van der Waals surface area (Å²) in [6.45, 7) is 3.54. The first kappa shape index (κ1) is 15.1. The fourth-order valence-corrected chi connectivity index (χ4v) is 3.44. The number of hydrogen-bond donors (Lipinski definition) is 1. The first-order valence-corrected chi connectivity index (χ1v) is 8.12. The summed E-state index contributed by atoms with van der Waals surface area (Å²) in [7, 11) is 1.91. The van der Waals surface area contributed by atoms with E-state index < -0.39 is 6.10 Å². The number of imidazole rings is 1. The fraction of sp³-hybridized carbons (Fsp3) is 0.500. The molecule has 24 heavy (non-hydrogen) atoms. The molecule has 3 aromatic heterocycles. The van der Waals surface area contributed by atoms with Crippen molar-refractivity contribution in [3.8, 4) is 0 Å². The second-order valence-electron chi connectivity index (χ2n) is 6.31. The lowest BCUT2D eigenvalue weighted by atomic mass is 9.90. The molecule has 4 heterocycles. The second-order valence-corrected chi connectivity index (χ2v) is 6.31. The smallest absolute Gasteiger partial charge is 0.263 e. The topological polar surface area (TPSA) is 93.1 Å². The van der Waals surface area contributed by atoms with E-state index in [9.17, 15) is 5.11 Å². The van der Waals surface area contributed by atoms with Crippen LogP contribution in [0.5, 0.6) is 0 Å². The molecule has 1 fully saturated rings. The lowest BCUT2D eigenvalue weighted by Crippen LogP contribution is -2.36. The molecule has 3 aromatic rings. The van der Waals surface area contributed by atoms with Gasteiger partial charge >= 0.3 is 0 Å². The Morgan fingerprint density at radius 2 is 2.04 bits per heavy atom. The molecule has 1 saturated heterocycles. The maximum absolute atomic E-state index is 10.6. The third-order valence-corrected chi connectivity index (χ3v) is 4.83. The predicted octanol–water partition coefficient (Wildman–Crippen LogP) is 1.61. The highest BCUT2D eigenvalue weighted by molar-refractivity contribution is 5.87. The van der Waals surface area contributed by atoms with Gasteiger partial charge in [0.25, 0.3) is 5.71 Å². The van der Waals surface area contributed by atoms with Crippen molar-refractivity contribution in [2.75, 3.05) is 18.0 Å². The minimum Gasteiger partial charge on any atom is -0.385 e. The maximum atomic E-state index is 10.6. The number of nitrogens with zero attached hydrogens (tertiary/aromatic N) is 6. The maximum Gasteiger partial charge on any atom is 0.263 e. The lowest BCUT2D eigenvalue weighted by molar-refractivity contribution is 0.0824. The molecule has 1 aliphatic heterocycles. The van der Waals surface area contributed by atoms with Crippen molar-refractivity contribution >= 4 is 16.9 Å². The normalized spacial score (nSPS) is 17.5. The van der Waals surface area contributed by atoms with Gasteiger partial charge < -0.3 is 19.1 Å². The molecule has 0 amide bonds. The number of aliphatic hydroxyl groups excluding tert-OH is 1. The zero-order valence-electron chi connectivity index (χ0n) is 13.8. The van der Waals surface area contributed by atoms with Gasteiger partial charge in [0.2, 0.25) is 0 Å². The summed E-state index contributed by atoms with van der Waals surface area (Å²) in [5, 5.41) is 15.5. The van der Waals surface area contributed by atoms with Crippen LogP contribution in [0.15, 0.2) is 23.2 Å². The Balaban J connectivity index is 1.52. The standard InChI is InChI=1S/C16H20N6O2/c1-10-12-14(18-9-19-16(12)24-20-10)22-6-3-11(4-7-22)13(23)15-17-5-8-21(15)2/h5,8-9,11,13,23H,3-4,6-7H2,1-2H3. The average Bonchev–Trinajstić information content (AvgIpc) is 3.20. The summed E-state index contributed by atoms with van der Waals surface area (Å²) in [6.07, 6.45) is 6.32. The van der Waals surface area contributed by atoms with Crippen molar-refractivity contribution < 1.29 is 9.63 Å². The van der Waals surface area contributed by atoms with Crippen molar-refractivity contribution in [1.29, 1.82) is 0 Å². The largest absolute Gasteiger partial charge is 0.385 e. The summed E-state index contributed by atoms with van der Waals surface area (Å²) < 4.78 is 7.10.